The normalized spacial score (nSPS) is 10.7. The summed E-state index contributed by atoms with van der Waals surface area (Å²) >= 11 is 0. The molecular formula is C13H8N4O4. The zero-order valence-electron chi connectivity index (χ0n) is 10.5. The first-order valence-electron chi connectivity index (χ1n) is 5.88. The van der Waals surface area contributed by atoms with E-state index in [-0.39, 0.29) is 16.9 Å². The van der Waals surface area contributed by atoms with Crippen LogP contribution in [-0.2, 0) is 0 Å². The van der Waals surface area contributed by atoms with E-state index in [1.807, 2.05) is 0 Å². The summed E-state index contributed by atoms with van der Waals surface area (Å²) in [6.07, 6.45) is 3.91. The molecule has 1 aromatic carbocycles. The second-order valence-corrected chi connectivity index (χ2v) is 4.24. The molecule has 21 heavy (non-hydrogen) atoms. The Morgan fingerprint density at radius 3 is 2.81 bits per heavy atom. The predicted octanol–water partition coefficient (Wildman–Crippen LogP) is 2.03. The number of hydrogen-bond donors (Lipinski definition) is 1. The summed E-state index contributed by atoms with van der Waals surface area (Å²) in [4.78, 5) is 25.8. The maximum atomic E-state index is 11.4. The van der Waals surface area contributed by atoms with Gasteiger partial charge < -0.3 is 5.11 Å². The van der Waals surface area contributed by atoms with E-state index >= 15 is 0 Å². The second kappa shape index (κ2) is 4.67. The molecule has 0 saturated carbocycles. The second-order valence-electron chi connectivity index (χ2n) is 4.24. The fraction of sp³-hybridized carbons (Fsp3) is 0. The number of carbonyl (C=O) groups is 1. The van der Waals surface area contributed by atoms with Crippen LogP contribution < -0.4 is 0 Å². The van der Waals surface area contributed by atoms with Crippen LogP contribution in [-0.4, -0.2) is 30.8 Å². The number of nitro groups is 1. The zero-order chi connectivity index (χ0) is 15.0. The molecule has 0 saturated heterocycles. The van der Waals surface area contributed by atoms with E-state index in [1.54, 1.807) is 24.4 Å². The van der Waals surface area contributed by atoms with E-state index in [4.69, 9.17) is 5.11 Å². The van der Waals surface area contributed by atoms with Crippen LogP contribution in [0.5, 0.6) is 0 Å². The first-order chi connectivity index (χ1) is 10.1. The van der Waals surface area contributed by atoms with Crippen LogP contribution in [0.4, 0.5) is 5.69 Å². The highest BCUT2D eigenvalue weighted by Crippen LogP contribution is 2.30. The summed E-state index contributed by atoms with van der Waals surface area (Å²) in [5, 5.41) is 24.5. The summed E-state index contributed by atoms with van der Waals surface area (Å²) in [7, 11) is 0. The number of rotatable bonds is 3. The number of aromatic nitrogens is 3. The van der Waals surface area contributed by atoms with Crippen LogP contribution in [0, 0.1) is 10.1 Å². The predicted molar refractivity (Wildman–Crippen MR) is 72.5 cm³/mol. The molecule has 0 aliphatic heterocycles. The number of nitrogens with zero attached hydrogens (tertiary/aromatic N) is 4. The van der Waals surface area contributed by atoms with Crippen molar-refractivity contribution in [2.24, 2.45) is 0 Å². The van der Waals surface area contributed by atoms with Crippen molar-refractivity contribution in [3.63, 3.8) is 0 Å². The van der Waals surface area contributed by atoms with Crippen molar-refractivity contribution in [3.05, 3.63) is 58.5 Å². The molecule has 0 bridgehead atoms. The number of aromatic carboxylic acids is 1. The summed E-state index contributed by atoms with van der Waals surface area (Å²) < 4.78 is 1.17. The molecule has 0 fully saturated rings. The van der Waals surface area contributed by atoms with E-state index < -0.39 is 10.9 Å². The Hall–Kier alpha value is -3.29. The van der Waals surface area contributed by atoms with Crippen LogP contribution in [0.15, 0.2) is 42.9 Å². The van der Waals surface area contributed by atoms with E-state index in [0.29, 0.717) is 10.9 Å². The SMILES string of the molecule is O=C(O)c1cnn(-c2ccc3ncccc3c2[N+](=O)[O-])c1. The molecule has 0 unspecified atom stereocenters. The van der Waals surface area contributed by atoms with Gasteiger partial charge in [-0.25, -0.2) is 9.48 Å². The third-order valence-electron chi connectivity index (χ3n) is 2.99. The van der Waals surface area contributed by atoms with Crippen LogP contribution in [0.1, 0.15) is 10.4 Å². The van der Waals surface area contributed by atoms with Gasteiger partial charge in [0.2, 0.25) is 0 Å². The number of benzene rings is 1. The zero-order valence-corrected chi connectivity index (χ0v) is 10.5. The van der Waals surface area contributed by atoms with Gasteiger partial charge in [-0.15, -0.1) is 0 Å². The maximum absolute atomic E-state index is 11.4. The third kappa shape index (κ3) is 2.08. The Labute approximate surface area is 117 Å². The van der Waals surface area contributed by atoms with Crippen molar-refractivity contribution in [1.82, 2.24) is 14.8 Å². The summed E-state index contributed by atoms with van der Waals surface area (Å²) in [5.74, 6) is -1.15. The van der Waals surface area contributed by atoms with E-state index in [0.717, 1.165) is 6.20 Å². The van der Waals surface area contributed by atoms with Gasteiger partial charge in [0.25, 0.3) is 0 Å². The van der Waals surface area contributed by atoms with Gasteiger partial charge >= 0.3 is 11.7 Å². The van der Waals surface area contributed by atoms with E-state index in [2.05, 4.69) is 10.1 Å². The van der Waals surface area contributed by atoms with Gasteiger partial charge in [-0.1, -0.05) is 0 Å². The van der Waals surface area contributed by atoms with Gasteiger partial charge in [-0.05, 0) is 24.3 Å². The minimum Gasteiger partial charge on any atom is -0.478 e. The third-order valence-corrected chi connectivity index (χ3v) is 2.99. The lowest BCUT2D eigenvalue weighted by molar-refractivity contribution is -0.382. The number of nitro benzene ring substituents is 1. The summed E-state index contributed by atoms with van der Waals surface area (Å²) in [6.45, 7) is 0. The number of hydrogen-bond acceptors (Lipinski definition) is 5. The van der Waals surface area contributed by atoms with Crippen LogP contribution >= 0.6 is 0 Å². The average molecular weight is 284 g/mol. The van der Waals surface area contributed by atoms with Crippen LogP contribution in [0.25, 0.3) is 16.6 Å². The highest BCUT2D eigenvalue weighted by atomic mass is 16.6. The quantitative estimate of drug-likeness (QED) is 0.581. The molecule has 0 aliphatic carbocycles. The van der Waals surface area contributed by atoms with Gasteiger partial charge in [0.05, 0.1) is 27.6 Å². The fourth-order valence-corrected chi connectivity index (χ4v) is 2.07. The minimum absolute atomic E-state index is 0.0458. The molecule has 8 heteroatoms. The number of pyridine rings is 1. The lowest BCUT2D eigenvalue weighted by atomic mass is 10.1. The molecule has 0 spiro atoms. The molecular weight excluding hydrogens is 276 g/mol. The molecule has 3 rings (SSSR count). The van der Waals surface area contributed by atoms with Gasteiger partial charge in [0, 0.05) is 12.4 Å². The standard InChI is InChI=1S/C13H8N4O4/c18-13(19)8-6-15-16(7-8)11-4-3-10-9(2-1-5-14-10)12(11)17(20)21/h1-7H,(H,18,19). The van der Waals surface area contributed by atoms with Crippen molar-refractivity contribution < 1.29 is 14.8 Å². The monoisotopic (exact) mass is 284 g/mol. The van der Waals surface area contributed by atoms with Gasteiger partial charge in [0.1, 0.15) is 5.69 Å². The lowest BCUT2D eigenvalue weighted by Crippen LogP contribution is -2.02. The largest absolute Gasteiger partial charge is 0.478 e. The van der Waals surface area contributed by atoms with Crippen molar-refractivity contribution in [2.75, 3.05) is 0 Å². The maximum Gasteiger partial charge on any atom is 0.338 e. The molecule has 104 valence electrons. The van der Waals surface area contributed by atoms with Crippen LogP contribution in [0.3, 0.4) is 0 Å². The molecule has 1 N–H and O–H groups in total. The Kier molecular flexibility index (Phi) is 2.83. The van der Waals surface area contributed by atoms with Crippen molar-refractivity contribution in [1.29, 1.82) is 0 Å². The average Bonchev–Trinajstić information content (AvgIpc) is 2.95. The van der Waals surface area contributed by atoms with E-state index in [9.17, 15) is 14.9 Å². The molecule has 2 aromatic heterocycles. The smallest absolute Gasteiger partial charge is 0.338 e. The molecule has 0 aliphatic rings. The molecule has 8 nitrogen and oxygen atoms in total. The highest BCUT2D eigenvalue weighted by Gasteiger charge is 2.21. The van der Waals surface area contributed by atoms with Gasteiger partial charge in [0.15, 0.2) is 0 Å². The van der Waals surface area contributed by atoms with E-state index in [1.165, 1.54) is 16.9 Å². The van der Waals surface area contributed by atoms with Crippen molar-refractivity contribution in [3.8, 4) is 5.69 Å². The summed E-state index contributed by atoms with van der Waals surface area (Å²) in [5.41, 5.74) is 0.461. The Morgan fingerprint density at radius 2 is 2.14 bits per heavy atom. The first-order valence-corrected chi connectivity index (χ1v) is 5.88. The highest BCUT2D eigenvalue weighted by molar-refractivity contribution is 5.92. The lowest BCUT2D eigenvalue weighted by Gasteiger charge is -2.05. The number of carboxylic acids is 1. The Morgan fingerprint density at radius 1 is 1.33 bits per heavy atom. The molecule has 2 heterocycles. The minimum atomic E-state index is -1.15. The van der Waals surface area contributed by atoms with Gasteiger partial charge in [-0.3, -0.25) is 15.1 Å². The topological polar surface area (TPSA) is 111 Å². The molecule has 0 atom stereocenters. The summed E-state index contributed by atoms with van der Waals surface area (Å²) in [6, 6.07) is 6.31. The molecule has 0 amide bonds. The van der Waals surface area contributed by atoms with Crippen molar-refractivity contribution >= 4 is 22.6 Å². The van der Waals surface area contributed by atoms with Crippen LogP contribution in [0.2, 0.25) is 0 Å². The molecule has 3 aromatic rings. The molecule has 0 radical (unpaired) electrons. The Bertz CT molecular complexity index is 871. The number of fused-ring (bicyclic) bond motifs is 1. The Balaban J connectivity index is 2.28. The van der Waals surface area contributed by atoms with Gasteiger partial charge in [-0.2, -0.15) is 5.10 Å². The number of carboxylic acid groups (broad SMARTS) is 1. The fourth-order valence-electron chi connectivity index (χ4n) is 2.07. The van der Waals surface area contributed by atoms with Crippen molar-refractivity contribution in [2.45, 2.75) is 0 Å². The first kappa shape index (κ1) is 12.7.